The second kappa shape index (κ2) is 5.65. The summed E-state index contributed by atoms with van der Waals surface area (Å²) < 4.78 is 5.74. The lowest BCUT2D eigenvalue weighted by atomic mass is 10.0. The van der Waals surface area contributed by atoms with Crippen LogP contribution >= 0.6 is 0 Å². The van der Waals surface area contributed by atoms with E-state index >= 15 is 0 Å². The van der Waals surface area contributed by atoms with E-state index in [1.165, 1.54) is 5.56 Å². The Balaban J connectivity index is 2.20. The summed E-state index contributed by atoms with van der Waals surface area (Å²) in [6.45, 7) is 4.74. The molecule has 2 N–H and O–H groups in total. The van der Waals surface area contributed by atoms with Crippen LogP contribution in [0.5, 0.6) is 11.6 Å². The highest BCUT2D eigenvalue weighted by Gasteiger charge is 2.03. The van der Waals surface area contributed by atoms with Gasteiger partial charge in [-0.2, -0.15) is 0 Å². The first-order valence-electron chi connectivity index (χ1n) is 6.13. The molecule has 0 aliphatic rings. The number of aromatic nitrogens is 1. The molecule has 0 spiro atoms. The highest BCUT2D eigenvalue weighted by Crippen LogP contribution is 2.24. The number of nitrogens with two attached hydrogens (primary N) is 1. The van der Waals surface area contributed by atoms with Gasteiger partial charge in [0.05, 0.1) is 5.69 Å². The van der Waals surface area contributed by atoms with Crippen LogP contribution in [0.1, 0.15) is 31.0 Å². The van der Waals surface area contributed by atoms with Crippen molar-refractivity contribution in [2.45, 2.75) is 26.3 Å². The number of pyridine rings is 1. The number of hydrogen-bond acceptors (Lipinski definition) is 3. The quantitative estimate of drug-likeness (QED) is 0.893. The zero-order valence-corrected chi connectivity index (χ0v) is 10.8. The lowest BCUT2D eigenvalue weighted by Gasteiger charge is -2.09. The first-order chi connectivity index (χ1) is 8.69. The molecule has 0 saturated heterocycles. The summed E-state index contributed by atoms with van der Waals surface area (Å²) in [7, 11) is 0. The fourth-order valence-corrected chi connectivity index (χ4v) is 1.69. The van der Waals surface area contributed by atoms with Crippen molar-refractivity contribution in [3.8, 4) is 11.6 Å². The highest BCUT2D eigenvalue weighted by molar-refractivity contribution is 5.33. The van der Waals surface area contributed by atoms with Crippen molar-refractivity contribution in [1.82, 2.24) is 4.98 Å². The lowest BCUT2D eigenvalue weighted by Crippen LogP contribution is -2.00. The van der Waals surface area contributed by atoms with Gasteiger partial charge in [-0.05, 0) is 29.7 Å². The van der Waals surface area contributed by atoms with Crippen molar-refractivity contribution in [3.05, 3.63) is 53.7 Å². The molecule has 0 amide bonds. The smallest absolute Gasteiger partial charge is 0.219 e. The van der Waals surface area contributed by atoms with Crippen LogP contribution in [-0.2, 0) is 6.54 Å². The summed E-state index contributed by atoms with van der Waals surface area (Å²) in [5.41, 5.74) is 7.64. The molecule has 0 radical (unpaired) electrons. The molecule has 0 aliphatic heterocycles. The Hall–Kier alpha value is -1.87. The van der Waals surface area contributed by atoms with Crippen molar-refractivity contribution in [1.29, 1.82) is 0 Å². The van der Waals surface area contributed by atoms with Gasteiger partial charge in [0.25, 0.3) is 0 Å². The fraction of sp³-hybridized carbons (Fsp3) is 0.267. The van der Waals surface area contributed by atoms with Gasteiger partial charge in [0.1, 0.15) is 5.75 Å². The van der Waals surface area contributed by atoms with E-state index in [0.29, 0.717) is 18.3 Å². The van der Waals surface area contributed by atoms with E-state index in [2.05, 4.69) is 24.9 Å². The minimum absolute atomic E-state index is 0.420. The number of hydrogen-bond donors (Lipinski definition) is 1. The molecule has 0 atom stereocenters. The van der Waals surface area contributed by atoms with Crippen LogP contribution in [0.15, 0.2) is 42.5 Å². The summed E-state index contributed by atoms with van der Waals surface area (Å²) in [4.78, 5) is 4.31. The Labute approximate surface area is 108 Å². The number of ether oxygens (including phenoxy) is 1. The maximum absolute atomic E-state index is 5.74. The van der Waals surface area contributed by atoms with E-state index in [9.17, 15) is 0 Å². The normalized spacial score (nSPS) is 10.7. The zero-order valence-electron chi connectivity index (χ0n) is 10.8. The maximum Gasteiger partial charge on any atom is 0.219 e. The average molecular weight is 242 g/mol. The average Bonchev–Trinajstić information content (AvgIpc) is 2.39. The molecular formula is C15H18N2O. The molecule has 3 nitrogen and oxygen atoms in total. The molecule has 18 heavy (non-hydrogen) atoms. The molecule has 0 bridgehead atoms. The van der Waals surface area contributed by atoms with Crippen LogP contribution in [0.25, 0.3) is 0 Å². The largest absolute Gasteiger partial charge is 0.439 e. The Kier molecular flexibility index (Phi) is 3.95. The SMILES string of the molecule is CC(C)c1cccc(Oc2cccc(CN)n2)c1. The number of nitrogens with zero attached hydrogens (tertiary/aromatic N) is 1. The third-order valence-electron chi connectivity index (χ3n) is 2.74. The Morgan fingerprint density at radius 3 is 2.67 bits per heavy atom. The van der Waals surface area contributed by atoms with Crippen molar-refractivity contribution >= 4 is 0 Å². The van der Waals surface area contributed by atoms with Crippen LogP contribution in [0.3, 0.4) is 0 Å². The Morgan fingerprint density at radius 2 is 1.94 bits per heavy atom. The van der Waals surface area contributed by atoms with Gasteiger partial charge in [-0.1, -0.05) is 32.0 Å². The predicted octanol–water partition coefficient (Wildman–Crippen LogP) is 3.46. The molecule has 94 valence electrons. The van der Waals surface area contributed by atoms with Gasteiger partial charge in [-0.25, -0.2) is 4.98 Å². The fourth-order valence-electron chi connectivity index (χ4n) is 1.69. The zero-order chi connectivity index (χ0) is 13.0. The van der Waals surface area contributed by atoms with Crippen molar-refractivity contribution in [3.63, 3.8) is 0 Å². The lowest BCUT2D eigenvalue weighted by molar-refractivity contribution is 0.460. The summed E-state index contributed by atoms with van der Waals surface area (Å²) in [5, 5.41) is 0. The molecule has 2 aromatic rings. The number of benzene rings is 1. The standard InChI is InChI=1S/C15H18N2O/c1-11(2)12-5-3-7-14(9-12)18-15-8-4-6-13(10-16)17-15/h3-9,11H,10,16H2,1-2H3. The van der Waals surface area contributed by atoms with E-state index in [1.807, 2.05) is 36.4 Å². The minimum atomic E-state index is 0.420. The van der Waals surface area contributed by atoms with E-state index in [-0.39, 0.29) is 0 Å². The molecule has 0 fully saturated rings. The van der Waals surface area contributed by atoms with Crippen LogP contribution in [0.4, 0.5) is 0 Å². The van der Waals surface area contributed by atoms with E-state index in [4.69, 9.17) is 10.5 Å². The number of rotatable bonds is 4. The first kappa shape index (κ1) is 12.6. The molecule has 0 unspecified atom stereocenters. The second-order valence-electron chi connectivity index (χ2n) is 4.50. The molecule has 1 heterocycles. The van der Waals surface area contributed by atoms with Crippen LogP contribution < -0.4 is 10.5 Å². The highest BCUT2D eigenvalue weighted by atomic mass is 16.5. The monoisotopic (exact) mass is 242 g/mol. The second-order valence-corrected chi connectivity index (χ2v) is 4.50. The van der Waals surface area contributed by atoms with Crippen LogP contribution in [0, 0.1) is 0 Å². The molecule has 0 saturated carbocycles. The van der Waals surface area contributed by atoms with E-state index in [1.54, 1.807) is 0 Å². The van der Waals surface area contributed by atoms with Gasteiger partial charge in [0, 0.05) is 12.6 Å². The summed E-state index contributed by atoms with van der Waals surface area (Å²) in [5.74, 6) is 1.87. The molecule has 2 rings (SSSR count). The Bertz CT molecular complexity index is 523. The van der Waals surface area contributed by atoms with Gasteiger partial charge in [0.15, 0.2) is 0 Å². The summed E-state index contributed by atoms with van der Waals surface area (Å²) in [6, 6.07) is 13.7. The van der Waals surface area contributed by atoms with Crippen LogP contribution in [0.2, 0.25) is 0 Å². The van der Waals surface area contributed by atoms with Gasteiger partial charge >= 0.3 is 0 Å². The third kappa shape index (κ3) is 3.08. The van der Waals surface area contributed by atoms with E-state index in [0.717, 1.165) is 11.4 Å². The summed E-state index contributed by atoms with van der Waals surface area (Å²) in [6.07, 6.45) is 0. The van der Waals surface area contributed by atoms with Crippen molar-refractivity contribution in [2.24, 2.45) is 5.73 Å². The first-order valence-corrected chi connectivity index (χ1v) is 6.13. The summed E-state index contributed by atoms with van der Waals surface area (Å²) >= 11 is 0. The van der Waals surface area contributed by atoms with Gasteiger partial charge in [0.2, 0.25) is 5.88 Å². The van der Waals surface area contributed by atoms with Gasteiger partial charge in [-0.15, -0.1) is 0 Å². The minimum Gasteiger partial charge on any atom is -0.439 e. The Morgan fingerprint density at radius 1 is 1.17 bits per heavy atom. The van der Waals surface area contributed by atoms with Gasteiger partial charge < -0.3 is 10.5 Å². The topological polar surface area (TPSA) is 48.1 Å². The molecule has 1 aromatic carbocycles. The van der Waals surface area contributed by atoms with Crippen LogP contribution in [-0.4, -0.2) is 4.98 Å². The molecular weight excluding hydrogens is 224 g/mol. The van der Waals surface area contributed by atoms with Gasteiger partial charge in [-0.3, -0.25) is 0 Å². The molecule has 3 heteroatoms. The van der Waals surface area contributed by atoms with Crippen molar-refractivity contribution < 1.29 is 4.74 Å². The predicted molar refractivity (Wildman–Crippen MR) is 72.7 cm³/mol. The third-order valence-corrected chi connectivity index (χ3v) is 2.74. The molecule has 0 aliphatic carbocycles. The van der Waals surface area contributed by atoms with E-state index < -0.39 is 0 Å². The van der Waals surface area contributed by atoms with Crippen molar-refractivity contribution in [2.75, 3.05) is 0 Å². The molecule has 1 aromatic heterocycles. The maximum atomic E-state index is 5.74.